The van der Waals surface area contributed by atoms with E-state index in [0.717, 1.165) is 6.54 Å². The molecule has 0 atom stereocenters. The van der Waals surface area contributed by atoms with E-state index in [1.165, 1.54) is 12.6 Å². The lowest BCUT2D eigenvalue weighted by atomic mass is 10.5. The Morgan fingerprint density at radius 3 is 2.00 bits per heavy atom. The Morgan fingerprint density at radius 1 is 1.38 bits per heavy atom. The zero-order valence-electron chi connectivity index (χ0n) is 5.55. The SMILES string of the molecule is Br.CP(C)CCCN. The summed E-state index contributed by atoms with van der Waals surface area (Å²) in [6.07, 6.45) is 2.55. The van der Waals surface area contributed by atoms with Gasteiger partial charge < -0.3 is 5.73 Å². The summed E-state index contributed by atoms with van der Waals surface area (Å²) in [7, 11) is 0.314. The molecule has 0 aliphatic carbocycles. The van der Waals surface area contributed by atoms with Gasteiger partial charge >= 0.3 is 0 Å². The lowest BCUT2D eigenvalue weighted by Crippen LogP contribution is -1.99. The second kappa shape index (κ2) is 7.87. The van der Waals surface area contributed by atoms with Crippen molar-refractivity contribution in [3.63, 3.8) is 0 Å². The molecular weight excluding hydrogens is 185 g/mol. The molecule has 0 aliphatic heterocycles. The van der Waals surface area contributed by atoms with Crippen molar-refractivity contribution < 1.29 is 0 Å². The van der Waals surface area contributed by atoms with Crippen LogP contribution >= 0.6 is 24.9 Å². The van der Waals surface area contributed by atoms with Gasteiger partial charge in [0.1, 0.15) is 0 Å². The van der Waals surface area contributed by atoms with E-state index in [1.54, 1.807) is 0 Å². The molecule has 0 aliphatic rings. The maximum absolute atomic E-state index is 5.29. The molecule has 3 heteroatoms. The minimum Gasteiger partial charge on any atom is -0.330 e. The number of hydrogen-bond donors (Lipinski definition) is 1. The van der Waals surface area contributed by atoms with E-state index >= 15 is 0 Å². The van der Waals surface area contributed by atoms with E-state index in [2.05, 4.69) is 13.3 Å². The summed E-state index contributed by atoms with van der Waals surface area (Å²) in [6.45, 7) is 5.43. The van der Waals surface area contributed by atoms with Gasteiger partial charge in [0.15, 0.2) is 0 Å². The van der Waals surface area contributed by atoms with Gasteiger partial charge in [-0.3, -0.25) is 0 Å². The molecule has 0 aromatic heterocycles. The molecule has 8 heavy (non-hydrogen) atoms. The van der Waals surface area contributed by atoms with Crippen molar-refractivity contribution in [2.24, 2.45) is 5.73 Å². The molecule has 0 fully saturated rings. The second-order valence-corrected chi connectivity index (χ2v) is 4.55. The maximum atomic E-state index is 5.29. The van der Waals surface area contributed by atoms with Crippen LogP contribution < -0.4 is 5.73 Å². The maximum Gasteiger partial charge on any atom is -0.00739 e. The summed E-state index contributed by atoms with van der Waals surface area (Å²) in [6, 6.07) is 0. The summed E-state index contributed by atoms with van der Waals surface area (Å²) in [5.74, 6) is 0. The molecule has 0 bridgehead atoms. The van der Waals surface area contributed by atoms with Crippen LogP contribution in [0, 0.1) is 0 Å². The molecule has 0 rings (SSSR count). The summed E-state index contributed by atoms with van der Waals surface area (Å²) in [5.41, 5.74) is 5.29. The van der Waals surface area contributed by atoms with Crippen molar-refractivity contribution in [3.05, 3.63) is 0 Å². The van der Waals surface area contributed by atoms with Gasteiger partial charge in [-0.2, -0.15) is 0 Å². The van der Waals surface area contributed by atoms with Crippen LogP contribution in [0.1, 0.15) is 6.42 Å². The van der Waals surface area contributed by atoms with Gasteiger partial charge in [0, 0.05) is 0 Å². The molecule has 0 saturated carbocycles. The fraction of sp³-hybridized carbons (Fsp3) is 1.00. The zero-order chi connectivity index (χ0) is 5.70. The minimum absolute atomic E-state index is 0. The first-order chi connectivity index (χ1) is 3.27. The van der Waals surface area contributed by atoms with Crippen LogP contribution in [0.2, 0.25) is 0 Å². The average Bonchev–Trinajstić information content (AvgIpc) is 1.61. The standard InChI is InChI=1S/C5H14NP.BrH/c1-7(2)5-3-4-6;/h3-6H2,1-2H3;1H. The Hall–Kier alpha value is 0.870. The van der Waals surface area contributed by atoms with Crippen LogP contribution in [-0.2, 0) is 0 Å². The van der Waals surface area contributed by atoms with Gasteiger partial charge in [0.05, 0.1) is 0 Å². The van der Waals surface area contributed by atoms with Gasteiger partial charge in [-0.25, -0.2) is 0 Å². The van der Waals surface area contributed by atoms with E-state index in [4.69, 9.17) is 5.73 Å². The molecule has 0 spiro atoms. The molecule has 0 aromatic carbocycles. The molecule has 0 saturated heterocycles. The predicted octanol–water partition coefficient (Wildman–Crippen LogP) is 1.65. The molecule has 0 aromatic rings. The molecule has 0 heterocycles. The highest BCUT2D eigenvalue weighted by atomic mass is 79.9. The third kappa shape index (κ3) is 9.98. The first-order valence-electron chi connectivity index (χ1n) is 2.62. The van der Waals surface area contributed by atoms with Crippen molar-refractivity contribution >= 4 is 24.9 Å². The molecular formula is C5H15BrNP. The van der Waals surface area contributed by atoms with E-state index in [0.29, 0.717) is 7.92 Å². The normalized spacial score (nSPS) is 9.00. The van der Waals surface area contributed by atoms with Crippen LogP contribution in [0.3, 0.4) is 0 Å². The highest BCUT2D eigenvalue weighted by Crippen LogP contribution is 2.23. The van der Waals surface area contributed by atoms with Gasteiger partial charge in [0.25, 0.3) is 0 Å². The monoisotopic (exact) mass is 199 g/mol. The zero-order valence-corrected chi connectivity index (χ0v) is 8.16. The fourth-order valence-corrected chi connectivity index (χ4v) is 1.22. The minimum atomic E-state index is 0. The van der Waals surface area contributed by atoms with Crippen LogP contribution in [-0.4, -0.2) is 26.0 Å². The van der Waals surface area contributed by atoms with Crippen molar-refractivity contribution in [1.29, 1.82) is 0 Å². The smallest absolute Gasteiger partial charge is 0.00739 e. The summed E-state index contributed by atoms with van der Waals surface area (Å²) in [5, 5.41) is 0. The van der Waals surface area contributed by atoms with E-state index in [9.17, 15) is 0 Å². The van der Waals surface area contributed by atoms with Crippen LogP contribution in [0.5, 0.6) is 0 Å². The number of halogens is 1. The van der Waals surface area contributed by atoms with Crippen LogP contribution in [0.25, 0.3) is 0 Å². The first-order valence-corrected chi connectivity index (χ1v) is 5.04. The Balaban J connectivity index is 0. The first kappa shape index (κ1) is 11.6. The number of rotatable bonds is 3. The third-order valence-corrected chi connectivity index (χ3v) is 2.02. The largest absolute Gasteiger partial charge is 0.330 e. The fourth-order valence-electron chi connectivity index (χ4n) is 0.408. The molecule has 0 amide bonds. The van der Waals surface area contributed by atoms with Gasteiger partial charge in [-0.15, -0.1) is 24.9 Å². The lowest BCUT2D eigenvalue weighted by molar-refractivity contribution is 0.939. The Morgan fingerprint density at radius 2 is 1.88 bits per heavy atom. The van der Waals surface area contributed by atoms with Crippen LogP contribution in [0.15, 0.2) is 0 Å². The summed E-state index contributed by atoms with van der Waals surface area (Å²) < 4.78 is 0. The average molecular weight is 200 g/mol. The van der Waals surface area contributed by atoms with Crippen molar-refractivity contribution in [2.45, 2.75) is 6.42 Å². The van der Waals surface area contributed by atoms with Gasteiger partial charge in [-0.1, -0.05) is 0 Å². The van der Waals surface area contributed by atoms with Gasteiger partial charge in [-0.05, 0) is 32.5 Å². The Bertz CT molecular complexity index is 41.4. The summed E-state index contributed by atoms with van der Waals surface area (Å²) in [4.78, 5) is 0. The van der Waals surface area contributed by atoms with Crippen molar-refractivity contribution in [1.82, 2.24) is 0 Å². The highest BCUT2D eigenvalue weighted by Gasteiger charge is 1.87. The summed E-state index contributed by atoms with van der Waals surface area (Å²) >= 11 is 0. The van der Waals surface area contributed by atoms with E-state index < -0.39 is 0 Å². The highest BCUT2D eigenvalue weighted by molar-refractivity contribution is 8.93. The molecule has 2 N–H and O–H groups in total. The molecule has 52 valence electrons. The lowest BCUT2D eigenvalue weighted by Gasteiger charge is -2.00. The van der Waals surface area contributed by atoms with Crippen molar-refractivity contribution in [3.8, 4) is 0 Å². The van der Waals surface area contributed by atoms with Gasteiger partial charge in [0.2, 0.25) is 0 Å². The Labute approximate surface area is 63.6 Å². The number of nitrogens with two attached hydrogens (primary N) is 1. The van der Waals surface area contributed by atoms with E-state index in [-0.39, 0.29) is 17.0 Å². The number of hydrogen-bond acceptors (Lipinski definition) is 1. The Kier molecular flexibility index (Phi) is 11.5. The molecule has 0 radical (unpaired) electrons. The van der Waals surface area contributed by atoms with Crippen LogP contribution in [0.4, 0.5) is 0 Å². The predicted molar refractivity (Wildman–Crippen MR) is 47.6 cm³/mol. The topological polar surface area (TPSA) is 26.0 Å². The van der Waals surface area contributed by atoms with Crippen molar-refractivity contribution in [2.75, 3.05) is 26.0 Å². The third-order valence-electron chi connectivity index (χ3n) is 0.809. The molecule has 0 unspecified atom stereocenters. The quantitative estimate of drug-likeness (QED) is 0.688. The second-order valence-electron chi connectivity index (χ2n) is 1.95. The van der Waals surface area contributed by atoms with E-state index in [1.807, 2.05) is 0 Å². The molecule has 1 nitrogen and oxygen atoms in total.